The second-order valence-corrected chi connectivity index (χ2v) is 7.69. The van der Waals surface area contributed by atoms with Crippen LogP contribution in [0.15, 0.2) is 54.6 Å². The molecule has 2 aromatic rings. The number of hydrogen-bond donors (Lipinski definition) is 2. The summed E-state index contributed by atoms with van der Waals surface area (Å²) in [5.41, 5.74) is 2.48. The minimum absolute atomic E-state index is 0.0233. The molecule has 1 aliphatic carbocycles. The van der Waals surface area contributed by atoms with Crippen molar-refractivity contribution in [3.63, 3.8) is 0 Å². The maximum atomic E-state index is 13.3. The monoisotopic (exact) mass is 394 g/mol. The normalized spacial score (nSPS) is 15.5. The molecule has 2 amide bonds. The third-order valence-electron chi connectivity index (χ3n) is 5.68. The van der Waals surface area contributed by atoms with Crippen LogP contribution in [0.5, 0.6) is 0 Å². The summed E-state index contributed by atoms with van der Waals surface area (Å²) < 4.78 is 4.85. The molecule has 0 unspecified atom stereocenters. The standard InChI is InChI=1S/C24H30N2O3/c1-29-18-22(27)26-21-12-10-20(11-13-21)24(15-6-3-7-16-24)23(28)25-17-14-19-8-4-2-5-9-19/h2,4-5,8-13H,3,6-7,14-18H2,1H3,(H,25,28)(H,26,27). The number of hydrogen-bond acceptors (Lipinski definition) is 3. The van der Waals surface area contributed by atoms with Crippen molar-refractivity contribution in [1.82, 2.24) is 5.32 Å². The SMILES string of the molecule is COCC(=O)Nc1ccc(C2(C(=O)NCCc3ccccc3)CCCCC2)cc1. The Bertz CT molecular complexity index is 797. The molecule has 0 bridgehead atoms. The molecule has 154 valence electrons. The van der Waals surface area contributed by atoms with Crippen molar-refractivity contribution in [2.24, 2.45) is 0 Å². The molecule has 0 aromatic heterocycles. The van der Waals surface area contributed by atoms with E-state index in [0.29, 0.717) is 12.2 Å². The molecule has 3 rings (SSSR count). The van der Waals surface area contributed by atoms with Gasteiger partial charge in [0.05, 0.1) is 5.41 Å². The molecule has 29 heavy (non-hydrogen) atoms. The summed E-state index contributed by atoms with van der Waals surface area (Å²) in [6.45, 7) is 0.658. The van der Waals surface area contributed by atoms with E-state index in [-0.39, 0.29) is 18.4 Å². The molecule has 1 aliphatic rings. The van der Waals surface area contributed by atoms with E-state index in [1.165, 1.54) is 19.1 Å². The summed E-state index contributed by atoms with van der Waals surface area (Å²) >= 11 is 0. The first-order valence-corrected chi connectivity index (χ1v) is 10.4. The van der Waals surface area contributed by atoms with E-state index in [9.17, 15) is 9.59 Å². The van der Waals surface area contributed by atoms with Crippen molar-refractivity contribution in [3.8, 4) is 0 Å². The average molecular weight is 395 g/mol. The van der Waals surface area contributed by atoms with Crippen molar-refractivity contribution < 1.29 is 14.3 Å². The predicted octanol–water partition coefficient (Wildman–Crippen LogP) is 3.83. The van der Waals surface area contributed by atoms with E-state index >= 15 is 0 Å². The van der Waals surface area contributed by atoms with Crippen LogP contribution in [0.3, 0.4) is 0 Å². The van der Waals surface area contributed by atoms with Crippen LogP contribution in [0.1, 0.15) is 43.2 Å². The van der Waals surface area contributed by atoms with Gasteiger partial charge in [0.1, 0.15) is 6.61 Å². The van der Waals surface area contributed by atoms with E-state index < -0.39 is 5.41 Å². The summed E-state index contributed by atoms with van der Waals surface area (Å²) in [6.07, 6.45) is 5.83. The number of rotatable bonds is 8. The fourth-order valence-electron chi connectivity index (χ4n) is 4.14. The van der Waals surface area contributed by atoms with Crippen LogP contribution in [0.25, 0.3) is 0 Å². The number of carbonyl (C=O) groups is 2. The quantitative estimate of drug-likeness (QED) is 0.715. The van der Waals surface area contributed by atoms with Gasteiger partial charge in [-0.05, 0) is 42.5 Å². The molecule has 2 aromatic carbocycles. The molecule has 0 heterocycles. The van der Waals surface area contributed by atoms with Crippen molar-refractivity contribution in [3.05, 3.63) is 65.7 Å². The summed E-state index contributed by atoms with van der Waals surface area (Å²) in [5.74, 6) is -0.0735. The van der Waals surface area contributed by atoms with Gasteiger partial charge in [0.15, 0.2) is 0 Å². The summed E-state index contributed by atoms with van der Waals surface area (Å²) in [5, 5.41) is 5.98. The predicted molar refractivity (Wildman–Crippen MR) is 115 cm³/mol. The van der Waals surface area contributed by atoms with Crippen LogP contribution < -0.4 is 10.6 Å². The van der Waals surface area contributed by atoms with Crippen molar-refractivity contribution in [2.45, 2.75) is 43.9 Å². The van der Waals surface area contributed by atoms with Gasteiger partial charge < -0.3 is 15.4 Å². The first-order chi connectivity index (χ1) is 14.1. The lowest BCUT2D eigenvalue weighted by molar-refractivity contribution is -0.128. The minimum atomic E-state index is -0.482. The van der Waals surface area contributed by atoms with E-state index in [0.717, 1.165) is 37.7 Å². The molecule has 1 saturated carbocycles. The third kappa shape index (κ3) is 5.45. The molecule has 0 atom stereocenters. The van der Waals surface area contributed by atoms with Gasteiger partial charge in [-0.25, -0.2) is 0 Å². The molecular formula is C24H30N2O3. The number of ether oxygens (including phenoxy) is 1. The van der Waals surface area contributed by atoms with Crippen LogP contribution in [0, 0.1) is 0 Å². The summed E-state index contributed by atoms with van der Waals surface area (Å²) in [4.78, 5) is 25.0. The number of benzene rings is 2. The number of carbonyl (C=O) groups excluding carboxylic acids is 2. The fourth-order valence-corrected chi connectivity index (χ4v) is 4.14. The third-order valence-corrected chi connectivity index (χ3v) is 5.68. The van der Waals surface area contributed by atoms with Crippen LogP contribution in [-0.2, 0) is 26.2 Å². The van der Waals surface area contributed by atoms with E-state index in [4.69, 9.17) is 4.74 Å². The van der Waals surface area contributed by atoms with Crippen molar-refractivity contribution in [2.75, 3.05) is 25.6 Å². The van der Waals surface area contributed by atoms with Crippen LogP contribution in [-0.4, -0.2) is 32.1 Å². The van der Waals surface area contributed by atoms with Gasteiger partial charge >= 0.3 is 0 Å². The molecule has 1 fully saturated rings. The van der Waals surface area contributed by atoms with Crippen molar-refractivity contribution in [1.29, 1.82) is 0 Å². The minimum Gasteiger partial charge on any atom is -0.375 e. The highest BCUT2D eigenvalue weighted by Gasteiger charge is 2.40. The van der Waals surface area contributed by atoms with E-state index in [2.05, 4.69) is 22.8 Å². The lowest BCUT2D eigenvalue weighted by Crippen LogP contribution is -2.46. The molecule has 0 saturated heterocycles. The summed E-state index contributed by atoms with van der Waals surface area (Å²) in [7, 11) is 1.49. The first kappa shape index (κ1) is 21.1. The van der Waals surface area contributed by atoms with Gasteiger partial charge in [0, 0.05) is 19.3 Å². The van der Waals surface area contributed by atoms with Crippen LogP contribution >= 0.6 is 0 Å². The molecule has 0 radical (unpaired) electrons. The summed E-state index contributed by atoms with van der Waals surface area (Å²) in [6, 6.07) is 17.9. The van der Waals surface area contributed by atoms with Gasteiger partial charge in [-0.15, -0.1) is 0 Å². The number of nitrogens with one attached hydrogen (secondary N) is 2. The number of anilines is 1. The molecule has 2 N–H and O–H groups in total. The zero-order chi connectivity index (χ0) is 20.5. The number of methoxy groups -OCH3 is 1. The Kier molecular flexibility index (Phi) is 7.42. The van der Waals surface area contributed by atoms with Crippen molar-refractivity contribution >= 4 is 17.5 Å². The Morgan fingerprint density at radius 1 is 0.966 bits per heavy atom. The van der Waals surface area contributed by atoms with E-state index in [1.54, 1.807) is 0 Å². The maximum absolute atomic E-state index is 13.3. The molecule has 0 aliphatic heterocycles. The second-order valence-electron chi connectivity index (χ2n) is 7.69. The Balaban J connectivity index is 1.68. The lowest BCUT2D eigenvalue weighted by atomic mass is 9.68. The van der Waals surface area contributed by atoms with Gasteiger partial charge in [-0.3, -0.25) is 9.59 Å². The van der Waals surface area contributed by atoms with E-state index in [1.807, 2.05) is 42.5 Å². The maximum Gasteiger partial charge on any atom is 0.250 e. The largest absolute Gasteiger partial charge is 0.375 e. The van der Waals surface area contributed by atoms with Crippen LogP contribution in [0.2, 0.25) is 0 Å². The van der Waals surface area contributed by atoms with Gasteiger partial charge in [0.2, 0.25) is 11.8 Å². The highest BCUT2D eigenvalue weighted by Crippen LogP contribution is 2.40. The lowest BCUT2D eigenvalue weighted by Gasteiger charge is -2.36. The first-order valence-electron chi connectivity index (χ1n) is 10.4. The Hall–Kier alpha value is -2.66. The molecule has 0 spiro atoms. The smallest absolute Gasteiger partial charge is 0.250 e. The zero-order valence-electron chi connectivity index (χ0n) is 17.1. The zero-order valence-corrected chi connectivity index (χ0v) is 17.1. The number of amides is 2. The average Bonchev–Trinajstić information content (AvgIpc) is 2.75. The van der Waals surface area contributed by atoms with Crippen LogP contribution in [0.4, 0.5) is 5.69 Å². The second kappa shape index (κ2) is 10.2. The fraction of sp³-hybridized carbons (Fsp3) is 0.417. The topological polar surface area (TPSA) is 67.4 Å². The highest BCUT2D eigenvalue weighted by molar-refractivity contribution is 5.92. The highest BCUT2D eigenvalue weighted by atomic mass is 16.5. The van der Waals surface area contributed by atoms with Gasteiger partial charge in [-0.1, -0.05) is 61.7 Å². The molecular weight excluding hydrogens is 364 g/mol. The Labute approximate surface area is 172 Å². The molecule has 5 nitrogen and oxygen atoms in total. The van der Waals surface area contributed by atoms with Gasteiger partial charge in [0.25, 0.3) is 0 Å². The van der Waals surface area contributed by atoms with Gasteiger partial charge in [-0.2, -0.15) is 0 Å². The molecule has 5 heteroatoms. The Morgan fingerprint density at radius 2 is 1.66 bits per heavy atom. The Morgan fingerprint density at radius 3 is 2.31 bits per heavy atom.